The first-order valence-electron chi connectivity index (χ1n) is 9.97. The van der Waals surface area contributed by atoms with Gasteiger partial charge in [0, 0.05) is 5.02 Å². The maximum atomic E-state index is 12.9. The number of carbonyl (C=O) groups excluding carboxylic acids is 2. The van der Waals surface area contributed by atoms with E-state index in [-0.39, 0.29) is 17.9 Å². The minimum absolute atomic E-state index is 0.179. The highest BCUT2D eigenvalue weighted by Crippen LogP contribution is 2.24. The maximum Gasteiger partial charge on any atom is 0.267 e. The number of hydrogen-bond acceptors (Lipinski definition) is 3. The number of nitrogens with one attached hydrogen (secondary N) is 2. The molecule has 0 radical (unpaired) electrons. The van der Waals surface area contributed by atoms with Crippen LogP contribution in [-0.2, 0) is 4.79 Å². The van der Waals surface area contributed by atoms with Crippen molar-refractivity contribution < 1.29 is 14.3 Å². The van der Waals surface area contributed by atoms with Crippen molar-refractivity contribution >= 4 is 29.1 Å². The van der Waals surface area contributed by atoms with Gasteiger partial charge in [-0.1, -0.05) is 54.1 Å². The third kappa shape index (κ3) is 5.86. The van der Waals surface area contributed by atoms with Gasteiger partial charge in [0.15, 0.2) is 5.60 Å². The monoisotopic (exact) mass is 436 g/mol. The second-order valence-electron chi connectivity index (χ2n) is 7.67. The summed E-state index contributed by atoms with van der Waals surface area (Å²) >= 11 is 5.90. The van der Waals surface area contributed by atoms with Gasteiger partial charge in [-0.25, -0.2) is 0 Å². The molecule has 1 atom stereocenters. The molecule has 0 aliphatic rings. The summed E-state index contributed by atoms with van der Waals surface area (Å²) < 4.78 is 5.84. The third-order valence-electron chi connectivity index (χ3n) is 4.80. The summed E-state index contributed by atoms with van der Waals surface area (Å²) in [5.41, 5.74) is 0.614. The van der Waals surface area contributed by atoms with Crippen LogP contribution in [0.2, 0.25) is 5.02 Å². The van der Waals surface area contributed by atoms with Crippen LogP contribution in [0.3, 0.4) is 0 Å². The Morgan fingerprint density at radius 1 is 0.903 bits per heavy atom. The van der Waals surface area contributed by atoms with Gasteiger partial charge in [0.05, 0.1) is 17.3 Å². The van der Waals surface area contributed by atoms with Crippen molar-refractivity contribution in [2.75, 3.05) is 5.32 Å². The van der Waals surface area contributed by atoms with E-state index in [1.165, 1.54) is 0 Å². The zero-order chi connectivity index (χ0) is 22.4. The Bertz CT molecular complexity index is 1050. The highest BCUT2D eigenvalue weighted by Gasteiger charge is 2.31. The predicted molar refractivity (Wildman–Crippen MR) is 124 cm³/mol. The summed E-state index contributed by atoms with van der Waals surface area (Å²) in [4.78, 5) is 25.8. The fraction of sp³-hybridized carbons (Fsp3) is 0.200. The average Bonchev–Trinajstić information content (AvgIpc) is 2.76. The molecular weight excluding hydrogens is 412 g/mol. The van der Waals surface area contributed by atoms with E-state index in [0.717, 1.165) is 5.56 Å². The lowest BCUT2D eigenvalue weighted by Crippen LogP contribution is -2.43. The Labute approximate surface area is 187 Å². The van der Waals surface area contributed by atoms with Crippen LogP contribution in [-0.4, -0.2) is 17.4 Å². The molecule has 0 fully saturated rings. The molecule has 3 rings (SSSR count). The lowest BCUT2D eigenvalue weighted by molar-refractivity contribution is -0.128. The summed E-state index contributed by atoms with van der Waals surface area (Å²) in [5.74, 6) is -0.130. The molecular formula is C25H25ClN2O3. The molecule has 3 aromatic rings. The van der Waals surface area contributed by atoms with Crippen molar-refractivity contribution in [3.05, 3.63) is 95.0 Å². The van der Waals surface area contributed by atoms with Crippen molar-refractivity contribution in [2.24, 2.45) is 0 Å². The van der Waals surface area contributed by atoms with Gasteiger partial charge in [0.25, 0.3) is 11.8 Å². The van der Waals surface area contributed by atoms with Gasteiger partial charge in [-0.3, -0.25) is 9.59 Å². The van der Waals surface area contributed by atoms with Gasteiger partial charge < -0.3 is 15.4 Å². The molecule has 0 bridgehead atoms. The van der Waals surface area contributed by atoms with Gasteiger partial charge >= 0.3 is 0 Å². The van der Waals surface area contributed by atoms with E-state index >= 15 is 0 Å². The topological polar surface area (TPSA) is 67.4 Å². The van der Waals surface area contributed by atoms with Crippen LogP contribution in [0.4, 0.5) is 5.69 Å². The van der Waals surface area contributed by atoms with Crippen LogP contribution < -0.4 is 15.4 Å². The number of amides is 2. The second kappa shape index (κ2) is 9.67. The summed E-state index contributed by atoms with van der Waals surface area (Å²) in [6.45, 7) is 5.24. The van der Waals surface area contributed by atoms with E-state index in [2.05, 4.69) is 10.6 Å². The fourth-order valence-corrected chi connectivity index (χ4v) is 3.13. The first-order valence-corrected chi connectivity index (χ1v) is 10.3. The molecule has 0 saturated heterocycles. The summed E-state index contributed by atoms with van der Waals surface area (Å²) in [7, 11) is 0. The largest absolute Gasteiger partial charge is 0.478 e. The normalized spacial score (nSPS) is 12.0. The Morgan fingerprint density at radius 2 is 1.52 bits per heavy atom. The number of halogens is 1. The van der Waals surface area contributed by atoms with E-state index in [0.29, 0.717) is 22.0 Å². The maximum absolute atomic E-state index is 12.9. The van der Waals surface area contributed by atoms with Crippen LogP contribution in [0.25, 0.3) is 0 Å². The van der Waals surface area contributed by atoms with Crippen molar-refractivity contribution in [3.8, 4) is 5.75 Å². The molecule has 3 aromatic carbocycles. The van der Waals surface area contributed by atoms with Gasteiger partial charge in [-0.2, -0.15) is 0 Å². The summed E-state index contributed by atoms with van der Waals surface area (Å²) in [5, 5.41) is 6.38. The molecule has 6 heteroatoms. The zero-order valence-corrected chi connectivity index (χ0v) is 18.4. The molecule has 5 nitrogen and oxygen atoms in total. The molecule has 0 aliphatic carbocycles. The minimum atomic E-state index is -1.17. The van der Waals surface area contributed by atoms with Crippen molar-refractivity contribution in [2.45, 2.75) is 32.4 Å². The lowest BCUT2D eigenvalue weighted by Gasteiger charge is -2.26. The van der Waals surface area contributed by atoms with Gasteiger partial charge in [0.2, 0.25) is 0 Å². The third-order valence-corrected chi connectivity index (χ3v) is 5.05. The second-order valence-corrected chi connectivity index (χ2v) is 8.11. The van der Waals surface area contributed by atoms with Gasteiger partial charge in [-0.15, -0.1) is 0 Å². The van der Waals surface area contributed by atoms with Crippen LogP contribution in [0.1, 0.15) is 42.7 Å². The minimum Gasteiger partial charge on any atom is -0.478 e. The number of rotatable bonds is 7. The van der Waals surface area contributed by atoms with Crippen LogP contribution in [0, 0.1) is 0 Å². The molecule has 0 heterocycles. The fourth-order valence-electron chi connectivity index (χ4n) is 3.01. The lowest BCUT2D eigenvalue weighted by atomic mass is 10.1. The number of para-hydroxylation sites is 1. The first-order chi connectivity index (χ1) is 14.8. The molecule has 160 valence electrons. The number of benzene rings is 3. The highest BCUT2D eigenvalue weighted by molar-refractivity contribution is 6.30. The Hall–Kier alpha value is -3.31. The van der Waals surface area contributed by atoms with E-state index < -0.39 is 5.60 Å². The zero-order valence-electron chi connectivity index (χ0n) is 17.7. The first kappa shape index (κ1) is 22.4. The molecule has 0 spiro atoms. The Kier molecular flexibility index (Phi) is 6.98. The SMILES string of the molecule is C[C@@H](NC(=O)c1ccccc1NC(=O)C(C)(C)Oc1ccc(Cl)cc1)c1ccccc1. The summed E-state index contributed by atoms with van der Waals surface area (Å²) in [6.07, 6.45) is 0. The van der Waals surface area contributed by atoms with E-state index in [9.17, 15) is 9.59 Å². The highest BCUT2D eigenvalue weighted by atomic mass is 35.5. The van der Waals surface area contributed by atoms with E-state index in [1.54, 1.807) is 62.4 Å². The Morgan fingerprint density at radius 3 is 2.19 bits per heavy atom. The van der Waals surface area contributed by atoms with Gasteiger partial charge in [-0.05, 0) is 62.7 Å². The van der Waals surface area contributed by atoms with Crippen LogP contribution >= 0.6 is 11.6 Å². The molecule has 31 heavy (non-hydrogen) atoms. The van der Waals surface area contributed by atoms with Crippen molar-refractivity contribution in [1.29, 1.82) is 0 Å². The molecule has 0 unspecified atom stereocenters. The molecule has 0 saturated carbocycles. The quantitative estimate of drug-likeness (QED) is 0.504. The van der Waals surface area contributed by atoms with E-state index in [1.807, 2.05) is 37.3 Å². The van der Waals surface area contributed by atoms with Gasteiger partial charge in [0.1, 0.15) is 5.75 Å². The number of ether oxygens (including phenoxy) is 1. The predicted octanol–water partition coefficient (Wildman–Crippen LogP) is 5.63. The smallest absolute Gasteiger partial charge is 0.267 e. The summed E-state index contributed by atoms with van der Waals surface area (Å²) in [6, 6.07) is 23.2. The molecule has 0 aliphatic heterocycles. The molecule has 0 aromatic heterocycles. The van der Waals surface area contributed by atoms with Crippen LogP contribution in [0.15, 0.2) is 78.9 Å². The van der Waals surface area contributed by atoms with Crippen molar-refractivity contribution in [3.63, 3.8) is 0 Å². The number of hydrogen-bond donors (Lipinski definition) is 2. The molecule has 2 N–H and O–H groups in total. The van der Waals surface area contributed by atoms with Crippen LogP contribution in [0.5, 0.6) is 5.75 Å². The average molecular weight is 437 g/mol. The molecule has 2 amide bonds. The number of anilines is 1. The van der Waals surface area contributed by atoms with E-state index in [4.69, 9.17) is 16.3 Å². The van der Waals surface area contributed by atoms with Crippen molar-refractivity contribution in [1.82, 2.24) is 5.32 Å². The standard InChI is InChI=1S/C25H25ClN2O3/c1-17(18-9-5-4-6-10-18)27-23(29)21-11-7-8-12-22(21)28-24(30)25(2,3)31-20-15-13-19(26)14-16-20/h4-17H,1-3H3,(H,27,29)(H,28,30)/t17-/m1/s1. The Balaban J connectivity index is 1.72. The number of carbonyl (C=O) groups is 2.